The molecule has 3 N–H and O–H groups in total. The number of carbonyl (C=O) groups excluding carboxylic acids is 2. The summed E-state index contributed by atoms with van der Waals surface area (Å²) in [4.78, 5) is 27.8. The van der Waals surface area contributed by atoms with Crippen LogP contribution >= 0.6 is 0 Å². The van der Waals surface area contributed by atoms with E-state index >= 15 is 0 Å². The smallest absolute Gasteiger partial charge is 0.249 e. The van der Waals surface area contributed by atoms with Crippen LogP contribution in [0, 0.1) is 5.82 Å². The van der Waals surface area contributed by atoms with Crippen molar-refractivity contribution in [3.8, 4) is 5.75 Å². The molecule has 0 saturated heterocycles. The molecule has 0 bridgehead atoms. The summed E-state index contributed by atoms with van der Waals surface area (Å²) in [5.74, 6) is -1.10. The van der Waals surface area contributed by atoms with E-state index in [0.29, 0.717) is 29.9 Å². The van der Waals surface area contributed by atoms with Crippen LogP contribution in [0.1, 0.15) is 24.0 Å². The maximum atomic E-state index is 13.7. The fourth-order valence-corrected chi connectivity index (χ4v) is 4.85. The lowest BCUT2D eigenvalue weighted by Crippen LogP contribution is -2.56. The van der Waals surface area contributed by atoms with Crippen LogP contribution in [0.3, 0.4) is 0 Å². The number of halogens is 1. The monoisotopic (exact) mass is 498 g/mol. The summed E-state index contributed by atoms with van der Waals surface area (Å²) in [5.41, 5.74) is 1.83. The molecule has 2 aromatic rings. The predicted octanol–water partition coefficient (Wildman–Crippen LogP) is 1.56. The SMILES string of the molecule is CCOCC(=O)N(CCc1cccc(F)c1)C1C=C(C(=O)NCCO)C2c3ccccc3OC2C1O. The van der Waals surface area contributed by atoms with Gasteiger partial charge in [-0.2, -0.15) is 0 Å². The van der Waals surface area contributed by atoms with E-state index in [1.807, 2.05) is 18.2 Å². The number of nitrogens with zero attached hydrogens (tertiary/aromatic N) is 1. The molecule has 2 aromatic carbocycles. The maximum absolute atomic E-state index is 13.7. The number of benzene rings is 2. The highest BCUT2D eigenvalue weighted by Crippen LogP contribution is 2.47. The Hall–Kier alpha value is -3.27. The lowest BCUT2D eigenvalue weighted by Gasteiger charge is -2.40. The Morgan fingerprint density at radius 2 is 2.00 bits per heavy atom. The number of fused-ring (bicyclic) bond motifs is 3. The van der Waals surface area contributed by atoms with Gasteiger partial charge in [0.15, 0.2) is 0 Å². The van der Waals surface area contributed by atoms with Crippen molar-refractivity contribution in [3.05, 3.63) is 77.1 Å². The van der Waals surface area contributed by atoms with Gasteiger partial charge in [0.1, 0.15) is 30.4 Å². The Labute approximate surface area is 209 Å². The van der Waals surface area contributed by atoms with Crippen LogP contribution in [0.5, 0.6) is 5.75 Å². The number of hydrogen-bond donors (Lipinski definition) is 3. The lowest BCUT2D eigenvalue weighted by molar-refractivity contribution is -0.141. The quantitative estimate of drug-likeness (QED) is 0.459. The Morgan fingerprint density at radius 1 is 1.19 bits per heavy atom. The summed E-state index contributed by atoms with van der Waals surface area (Å²) in [7, 11) is 0. The molecular formula is C27H31FN2O6. The minimum Gasteiger partial charge on any atom is -0.486 e. The molecule has 9 heteroatoms. The molecule has 4 atom stereocenters. The van der Waals surface area contributed by atoms with Crippen LogP contribution in [-0.2, 0) is 20.7 Å². The molecule has 0 spiro atoms. The molecule has 0 aromatic heterocycles. The summed E-state index contributed by atoms with van der Waals surface area (Å²) >= 11 is 0. The lowest BCUT2D eigenvalue weighted by atomic mass is 9.77. The van der Waals surface area contributed by atoms with Crippen molar-refractivity contribution in [2.75, 3.05) is 32.9 Å². The highest BCUT2D eigenvalue weighted by Gasteiger charge is 2.50. The van der Waals surface area contributed by atoms with Crippen molar-refractivity contribution in [2.45, 2.75) is 37.5 Å². The Bertz CT molecular complexity index is 1120. The van der Waals surface area contributed by atoms with Gasteiger partial charge in [0.25, 0.3) is 0 Å². The maximum Gasteiger partial charge on any atom is 0.249 e. The van der Waals surface area contributed by atoms with E-state index in [1.54, 1.807) is 31.2 Å². The molecule has 8 nitrogen and oxygen atoms in total. The molecule has 0 saturated carbocycles. The largest absolute Gasteiger partial charge is 0.486 e. The number of amides is 2. The number of aliphatic hydroxyl groups excluding tert-OH is 2. The van der Waals surface area contributed by atoms with Crippen LogP contribution < -0.4 is 10.1 Å². The molecule has 1 heterocycles. The Balaban J connectivity index is 1.69. The molecule has 4 rings (SSSR count). The highest BCUT2D eigenvalue weighted by atomic mass is 19.1. The second-order valence-corrected chi connectivity index (χ2v) is 8.78. The third-order valence-electron chi connectivity index (χ3n) is 6.52. The Kier molecular flexibility index (Phi) is 8.35. The number of nitrogens with one attached hydrogen (secondary N) is 1. The zero-order valence-corrected chi connectivity index (χ0v) is 20.1. The van der Waals surface area contributed by atoms with Gasteiger partial charge < -0.3 is 29.9 Å². The topological polar surface area (TPSA) is 108 Å². The third kappa shape index (κ3) is 5.43. The van der Waals surface area contributed by atoms with Crippen molar-refractivity contribution in [2.24, 2.45) is 0 Å². The average molecular weight is 499 g/mol. The van der Waals surface area contributed by atoms with Gasteiger partial charge >= 0.3 is 0 Å². The van der Waals surface area contributed by atoms with Crippen LogP contribution in [0.2, 0.25) is 0 Å². The first kappa shape index (κ1) is 25.8. The first-order valence-corrected chi connectivity index (χ1v) is 12.1. The second kappa shape index (κ2) is 11.6. The molecule has 1 aliphatic heterocycles. The first-order valence-electron chi connectivity index (χ1n) is 12.1. The van der Waals surface area contributed by atoms with Gasteiger partial charge in [-0.15, -0.1) is 0 Å². The number of hydrogen-bond acceptors (Lipinski definition) is 6. The number of carbonyl (C=O) groups is 2. The van der Waals surface area contributed by atoms with Crippen LogP contribution in [0.25, 0.3) is 0 Å². The number of aliphatic hydroxyl groups is 2. The molecule has 192 valence electrons. The van der Waals surface area contributed by atoms with E-state index in [0.717, 1.165) is 5.56 Å². The van der Waals surface area contributed by atoms with Crippen molar-refractivity contribution >= 4 is 11.8 Å². The Morgan fingerprint density at radius 3 is 2.75 bits per heavy atom. The molecule has 0 radical (unpaired) electrons. The molecule has 4 unspecified atom stereocenters. The number of rotatable bonds is 10. The first-order chi connectivity index (χ1) is 17.4. The number of para-hydroxylation sites is 1. The molecular weight excluding hydrogens is 467 g/mol. The van der Waals surface area contributed by atoms with Crippen molar-refractivity contribution in [1.82, 2.24) is 10.2 Å². The molecule has 36 heavy (non-hydrogen) atoms. The van der Waals surface area contributed by atoms with Crippen molar-refractivity contribution in [3.63, 3.8) is 0 Å². The van der Waals surface area contributed by atoms with Gasteiger partial charge in [-0.05, 0) is 43.2 Å². The zero-order valence-electron chi connectivity index (χ0n) is 20.1. The van der Waals surface area contributed by atoms with Gasteiger partial charge in [-0.3, -0.25) is 9.59 Å². The summed E-state index contributed by atoms with van der Waals surface area (Å²) < 4.78 is 25.2. The van der Waals surface area contributed by atoms with E-state index in [2.05, 4.69) is 5.32 Å². The fraction of sp³-hybridized carbons (Fsp3) is 0.407. The van der Waals surface area contributed by atoms with Crippen molar-refractivity contribution in [1.29, 1.82) is 0 Å². The summed E-state index contributed by atoms with van der Waals surface area (Å²) in [6.07, 6.45) is 0.0339. The molecule has 0 fully saturated rings. The van der Waals surface area contributed by atoms with E-state index in [-0.39, 0.29) is 38.0 Å². The van der Waals surface area contributed by atoms with E-state index in [4.69, 9.17) is 9.47 Å². The van der Waals surface area contributed by atoms with Gasteiger partial charge in [0.2, 0.25) is 11.8 Å². The number of ether oxygens (including phenoxy) is 2. The van der Waals surface area contributed by atoms with Crippen LogP contribution in [-0.4, -0.2) is 78.1 Å². The molecule has 2 amide bonds. The van der Waals surface area contributed by atoms with Gasteiger partial charge in [-0.1, -0.05) is 30.3 Å². The average Bonchev–Trinajstić information content (AvgIpc) is 3.27. The van der Waals surface area contributed by atoms with Crippen LogP contribution in [0.4, 0.5) is 4.39 Å². The standard InChI is InChI=1S/C27H31FN2O6/c1-2-35-16-23(32)30(12-10-17-6-5-7-18(28)14-17)21-15-20(27(34)29-11-13-31)24-19-8-3-4-9-22(19)36-26(24)25(21)33/h3-9,14-15,21,24-26,31,33H,2,10-13,16H2,1H3,(H,29,34). The van der Waals surface area contributed by atoms with E-state index in [9.17, 15) is 24.2 Å². The van der Waals surface area contributed by atoms with E-state index in [1.165, 1.54) is 17.0 Å². The summed E-state index contributed by atoms with van der Waals surface area (Å²) in [5, 5.41) is 23.3. The second-order valence-electron chi connectivity index (χ2n) is 8.78. The third-order valence-corrected chi connectivity index (χ3v) is 6.52. The molecule has 1 aliphatic carbocycles. The molecule has 2 aliphatic rings. The zero-order chi connectivity index (χ0) is 25.7. The minimum absolute atomic E-state index is 0.0653. The van der Waals surface area contributed by atoms with E-state index < -0.39 is 30.1 Å². The van der Waals surface area contributed by atoms with Gasteiger partial charge in [0, 0.05) is 30.8 Å². The summed E-state index contributed by atoms with van der Waals surface area (Å²) in [6, 6.07) is 12.5. The van der Waals surface area contributed by atoms with Crippen molar-refractivity contribution < 1.29 is 33.7 Å². The predicted molar refractivity (Wildman–Crippen MR) is 130 cm³/mol. The summed E-state index contributed by atoms with van der Waals surface area (Å²) in [6.45, 7) is 1.93. The minimum atomic E-state index is -1.13. The highest BCUT2D eigenvalue weighted by molar-refractivity contribution is 5.96. The fourth-order valence-electron chi connectivity index (χ4n) is 4.85. The van der Waals surface area contributed by atoms with Gasteiger partial charge in [-0.25, -0.2) is 4.39 Å². The van der Waals surface area contributed by atoms with Crippen LogP contribution in [0.15, 0.2) is 60.2 Å². The van der Waals surface area contributed by atoms with Gasteiger partial charge in [0.05, 0.1) is 18.6 Å². The normalized spacial score (nSPS) is 22.2.